The van der Waals surface area contributed by atoms with Crippen LogP contribution in [0.2, 0.25) is 0 Å². The molecular weight excluding hydrogens is 576 g/mol. The molecule has 0 bridgehead atoms. The molecule has 42 heavy (non-hydrogen) atoms. The van der Waals surface area contributed by atoms with E-state index < -0.39 is 5.63 Å². The SMILES string of the molecule is Cc1cc(=O)oc2cc(O)cc(OCCCN3CCC(C(=O)Nc4ncc(SCc5ncc(C(C)(C)C)o5)s4)CC3)c12. The van der Waals surface area contributed by atoms with Gasteiger partial charge in [-0.1, -0.05) is 32.1 Å². The van der Waals surface area contributed by atoms with E-state index in [0.717, 1.165) is 54.4 Å². The van der Waals surface area contributed by atoms with Crippen LogP contribution in [0, 0.1) is 12.8 Å². The minimum absolute atomic E-state index is 0.0137. The maximum absolute atomic E-state index is 12.9. The predicted octanol–water partition coefficient (Wildman–Crippen LogP) is 5.96. The van der Waals surface area contributed by atoms with Gasteiger partial charge in [0.05, 0.1) is 34.3 Å². The molecule has 2 N–H and O–H groups in total. The topological polar surface area (TPSA) is 131 Å². The average molecular weight is 613 g/mol. The zero-order chi connectivity index (χ0) is 29.9. The molecule has 1 amide bonds. The Morgan fingerprint density at radius 3 is 2.71 bits per heavy atom. The van der Waals surface area contributed by atoms with Gasteiger partial charge in [-0.3, -0.25) is 4.79 Å². The van der Waals surface area contributed by atoms with Crippen molar-refractivity contribution in [3.8, 4) is 11.5 Å². The monoisotopic (exact) mass is 612 g/mol. The first kappa shape index (κ1) is 30.1. The summed E-state index contributed by atoms with van der Waals surface area (Å²) in [4.78, 5) is 35.7. The summed E-state index contributed by atoms with van der Waals surface area (Å²) in [7, 11) is 0. The van der Waals surface area contributed by atoms with Crippen LogP contribution in [-0.2, 0) is 16.0 Å². The molecule has 4 heterocycles. The van der Waals surface area contributed by atoms with E-state index in [2.05, 4.69) is 41.0 Å². The number of nitrogens with zero attached hydrogens (tertiary/aromatic N) is 3. The van der Waals surface area contributed by atoms with Crippen molar-refractivity contribution in [1.29, 1.82) is 0 Å². The Kier molecular flexibility index (Phi) is 9.24. The van der Waals surface area contributed by atoms with Crippen LogP contribution in [0.5, 0.6) is 11.5 Å². The molecule has 1 aliphatic heterocycles. The van der Waals surface area contributed by atoms with Gasteiger partial charge in [0, 0.05) is 36.1 Å². The number of carbonyl (C=O) groups is 1. The number of anilines is 1. The number of aryl methyl sites for hydroxylation is 1. The predicted molar refractivity (Wildman–Crippen MR) is 164 cm³/mol. The molecule has 1 fully saturated rings. The van der Waals surface area contributed by atoms with E-state index in [9.17, 15) is 14.7 Å². The first-order valence-electron chi connectivity index (χ1n) is 14.0. The highest BCUT2D eigenvalue weighted by molar-refractivity contribution is 8.00. The summed E-state index contributed by atoms with van der Waals surface area (Å²) in [6, 6.07) is 4.38. The highest BCUT2D eigenvalue weighted by Crippen LogP contribution is 2.34. The summed E-state index contributed by atoms with van der Waals surface area (Å²) < 4.78 is 18.0. The van der Waals surface area contributed by atoms with Gasteiger partial charge in [0.1, 0.15) is 22.8 Å². The van der Waals surface area contributed by atoms with Gasteiger partial charge in [-0.05, 0) is 44.8 Å². The van der Waals surface area contributed by atoms with E-state index in [4.69, 9.17) is 13.6 Å². The van der Waals surface area contributed by atoms with Gasteiger partial charge in [-0.15, -0.1) is 11.8 Å². The Labute approximate surface area is 252 Å². The van der Waals surface area contributed by atoms with Crippen LogP contribution in [0.3, 0.4) is 0 Å². The van der Waals surface area contributed by atoms with Gasteiger partial charge < -0.3 is 28.9 Å². The van der Waals surface area contributed by atoms with Gasteiger partial charge >= 0.3 is 5.63 Å². The molecule has 1 aliphatic rings. The maximum atomic E-state index is 12.9. The largest absolute Gasteiger partial charge is 0.508 e. The third-order valence-corrected chi connectivity index (χ3v) is 9.26. The third-order valence-electron chi connectivity index (χ3n) is 7.17. The van der Waals surface area contributed by atoms with Crippen LogP contribution < -0.4 is 15.7 Å². The fourth-order valence-electron chi connectivity index (χ4n) is 4.88. The van der Waals surface area contributed by atoms with E-state index >= 15 is 0 Å². The number of hydrogen-bond acceptors (Lipinski definition) is 11. The van der Waals surface area contributed by atoms with Gasteiger partial charge in [0.2, 0.25) is 11.8 Å². The fourth-order valence-corrected chi connectivity index (χ4v) is 6.61. The summed E-state index contributed by atoms with van der Waals surface area (Å²) in [5, 5.41) is 14.3. The Hall–Kier alpha value is -3.35. The number of nitrogens with one attached hydrogen (secondary N) is 1. The summed E-state index contributed by atoms with van der Waals surface area (Å²) >= 11 is 3.05. The molecule has 10 nitrogen and oxygen atoms in total. The number of thiazole rings is 1. The van der Waals surface area contributed by atoms with Crippen LogP contribution in [-0.4, -0.2) is 52.1 Å². The van der Waals surface area contributed by atoms with E-state index in [0.29, 0.717) is 40.1 Å². The van der Waals surface area contributed by atoms with Crippen molar-refractivity contribution in [3.05, 3.63) is 58.2 Å². The lowest BCUT2D eigenvalue weighted by molar-refractivity contribution is -0.121. The number of phenols is 1. The number of aromatic nitrogens is 2. The van der Waals surface area contributed by atoms with Gasteiger partial charge in [0.25, 0.3) is 0 Å². The Balaban J connectivity index is 1.03. The van der Waals surface area contributed by atoms with Gasteiger partial charge in [-0.25, -0.2) is 14.8 Å². The summed E-state index contributed by atoms with van der Waals surface area (Å²) in [6.45, 7) is 11.1. The summed E-state index contributed by atoms with van der Waals surface area (Å²) in [5.41, 5.74) is 0.514. The van der Waals surface area contributed by atoms with Crippen LogP contribution in [0.15, 0.2) is 48.4 Å². The molecule has 4 aromatic rings. The number of carbonyl (C=O) groups excluding carboxylic acids is 1. The number of hydrogen-bond donors (Lipinski definition) is 2. The van der Waals surface area contributed by atoms with Crippen LogP contribution in [0.1, 0.15) is 57.2 Å². The standard InChI is InChI=1S/C30H36N4O6S2/c1-18-12-25(36)39-22-14-20(35)13-21(27(18)22)38-11-5-8-34-9-6-19(7-10-34)28(37)33-29-32-16-26(42-29)41-17-24-31-15-23(40-24)30(2,3)4/h12-16,19,35H,5-11,17H2,1-4H3,(H,32,33,37). The minimum Gasteiger partial charge on any atom is -0.508 e. The number of aromatic hydroxyl groups is 1. The van der Waals surface area contributed by atoms with Crippen molar-refractivity contribution in [3.63, 3.8) is 0 Å². The number of fused-ring (bicyclic) bond motifs is 1. The first-order valence-corrected chi connectivity index (χ1v) is 15.8. The number of ether oxygens (including phenoxy) is 1. The number of oxazole rings is 1. The molecule has 1 saturated heterocycles. The second kappa shape index (κ2) is 12.9. The fraction of sp³-hybridized carbons (Fsp3) is 0.467. The Morgan fingerprint density at radius 2 is 1.98 bits per heavy atom. The lowest BCUT2D eigenvalue weighted by atomic mass is 9.94. The summed E-state index contributed by atoms with van der Waals surface area (Å²) in [6.07, 6.45) is 5.93. The number of thioether (sulfide) groups is 1. The molecule has 0 radical (unpaired) electrons. The average Bonchev–Trinajstić information content (AvgIpc) is 3.59. The van der Waals surface area contributed by atoms with E-state index in [-0.39, 0.29) is 23.0 Å². The maximum Gasteiger partial charge on any atom is 0.336 e. The number of amides is 1. The molecule has 12 heteroatoms. The van der Waals surface area contributed by atoms with Crippen LogP contribution >= 0.6 is 23.1 Å². The third kappa shape index (κ3) is 7.53. The molecule has 0 spiro atoms. The first-order chi connectivity index (χ1) is 20.0. The molecule has 5 rings (SSSR count). The number of rotatable bonds is 10. The normalized spacial score (nSPS) is 14.9. The molecular formula is C30H36N4O6S2. The lowest BCUT2D eigenvalue weighted by Crippen LogP contribution is -2.38. The number of likely N-dealkylation sites (tertiary alicyclic amines) is 1. The highest BCUT2D eigenvalue weighted by atomic mass is 32.2. The quantitative estimate of drug-likeness (QED) is 0.126. The molecule has 0 unspecified atom stereocenters. The molecule has 0 atom stereocenters. The second-order valence-corrected chi connectivity index (χ2v) is 13.8. The summed E-state index contributed by atoms with van der Waals surface area (Å²) in [5.74, 6) is 2.61. The number of phenolic OH excluding ortho intramolecular Hbond substituents is 1. The molecule has 0 aliphatic carbocycles. The van der Waals surface area contributed by atoms with Crippen LogP contribution in [0.4, 0.5) is 5.13 Å². The van der Waals surface area contributed by atoms with E-state index in [1.807, 2.05) is 6.92 Å². The van der Waals surface area contributed by atoms with Crippen molar-refractivity contribution in [2.45, 2.75) is 62.3 Å². The minimum atomic E-state index is -0.461. The molecule has 224 valence electrons. The van der Waals surface area contributed by atoms with E-state index in [1.165, 1.54) is 23.5 Å². The zero-order valence-electron chi connectivity index (χ0n) is 24.3. The Bertz CT molecular complexity index is 1600. The van der Waals surface area contributed by atoms with Crippen molar-refractivity contribution in [2.24, 2.45) is 5.92 Å². The van der Waals surface area contributed by atoms with Gasteiger partial charge in [0.15, 0.2) is 5.13 Å². The van der Waals surface area contributed by atoms with Crippen molar-refractivity contribution < 1.29 is 23.5 Å². The zero-order valence-corrected chi connectivity index (χ0v) is 25.9. The molecule has 1 aromatic carbocycles. The molecule has 3 aromatic heterocycles. The number of benzene rings is 1. The highest BCUT2D eigenvalue weighted by Gasteiger charge is 2.26. The van der Waals surface area contributed by atoms with Gasteiger partial charge in [-0.2, -0.15) is 0 Å². The Morgan fingerprint density at radius 1 is 1.19 bits per heavy atom. The number of piperidine rings is 1. The van der Waals surface area contributed by atoms with Crippen LogP contribution in [0.25, 0.3) is 11.0 Å². The molecule has 0 saturated carbocycles. The van der Waals surface area contributed by atoms with E-state index in [1.54, 1.807) is 30.2 Å². The van der Waals surface area contributed by atoms with Crippen molar-refractivity contribution in [2.75, 3.05) is 31.6 Å². The van der Waals surface area contributed by atoms with Crippen molar-refractivity contribution in [1.82, 2.24) is 14.9 Å². The lowest BCUT2D eigenvalue weighted by Gasteiger charge is -2.31. The second-order valence-electron chi connectivity index (χ2n) is 11.5. The smallest absolute Gasteiger partial charge is 0.336 e. The van der Waals surface area contributed by atoms with Crippen molar-refractivity contribution >= 4 is 45.1 Å².